The molecule has 8 rings (SSSR count). The van der Waals surface area contributed by atoms with Gasteiger partial charge in [-0.15, -0.1) is 34.9 Å². The summed E-state index contributed by atoms with van der Waals surface area (Å²) in [5, 5.41) is 50.0. The van der Waals surface area contributed by atoms with Gasteiger partial charge in [-0.25, -0.2) is 9.36 Å². The summed E-state index contributed by atoms with van der Waals surface area (Å²) in [6, 6.07) is 49.1. The maximum absolute atomic E-state index is 12.1. The van der Waals surface area contributed by atoms with Crippen LogP contribution in [-0.4, -0.2) is 97.7 Å². The minimum absolute atomic E-state index is 0. The number of aliphatic carboxylic acids is 2. The second kappa shape index (κ2) is 45.0. The Hall–Kier alpha value is -9.39. The number of nitrogens with zero attached hydrogens (tertiary/aromatic N) is 8. The summed E-state index contributed by atoms with van der Waals surface area (Å²) in [4.78, 5) is 56.0. The van der Waals surface area contributed by atoms with Crippen LogP contribution < -0.4 is 0 Å². The van der Waals surface area contributed by atoms with Gasteiger partial charge in [0.2, 0.25) is 0 Å². The number of hydrogen-bond donors (Lipinski definition) is 4. The molecule has 0 radical (unpaired) electrons. The first-order valence-electron chi connectivity index (χ1n) is 27.6. The number of rotatable bonds is 23. The van der Waals surface area contributed by atoms with Crippen molar-refractivity contribution in [2.45, 2.75) is 99.6 Å². The minimum Gasteiger partial charge on any atom is -0.481 e. The number of ether oxygens (including phenoxy) is 3. The number of carboxylic acid groups (broad SMARTS) is 2. The summed E-state index contributed by atoms with van der Waals surface area (Å²) >= 11 is 0. The standard InChI is InChI=1S/2C20H21N3O2.C13H14O2.C6H9N3O2.C6H8O2.CH4O.CH3.Pd/c2*1-16(20(24)25-15-18-10-6-3-7-11-18)12-19-14-23(22-21-19)13-17-8-4-2-5-9-17;1-3-7-11(2)13(14)15-10-12-8-5-4-6-9-12;1-4(6(10)11)2-5-3-7-9-8-5;1-3-4-5(2)6(7)8;1-2;;/h2*2-11,14,16H,12-13,15H2,1H3;1,4-6,8-9,11H,7,10H2,2H3;3-4H,2H2,1H3,(H,10,11)(H,7,8,9);1,5H,4H2,2H3,(H,7,8);2H,1H3;1H3;/q;;;;;;-1;/t2*16-;11-;4-;5-;;;/m00000.../s1. The first-order valence-corrected chi connectivity index (χ1v) is 27.6. The topological polar surface area (TPSA) is 277 Å². The minimum atomic E-state index is -0.831. The van der Waals surface area contributed by atoms with Crippen molar-refractivity contribution in [3.63, 3.8) is 0 Å². The molecule has 21 heteroatoms. The van der Waals surface area contributed by atoms with E-state index in [4.69, 9.17) is 42.4 Å². The monoisotopic (exact) mass is 1290 g/mol. The summed E-state index contributed by atoms with van der Waals surface area (Å²) < 4.78 is 19.4. The number of aliphatic hydroxyl groups excluding tert-OH is 1. The van der Waals surface area contributed by atoms with Crippen molar-refractivity contribution in [2.75, 3.05) is 7.11 Å². The van der Waals surface area contributed by atoms with E-state index in [2.05, 4.69) is 47.9 Å². The normalized spacial score (nSPS) is 11.5. The number of hydrogen-bond acceptors (Lipinski definition) is 15. The first-order chi connectivity index (χ1) is 41.5. The quantitative estimate of drug-likeness (QED) is 0.0152. The molecule has 0 bridgehead atoms. The molecule has 88 heavy (non-hydrogen) atoms. The Morgan fingerprint density at radius 3 is 1.08 bits per heavy atom. The Morgan fingerprint density at radius 1 is 0.477 bits per heavy atom. The van der Waals surface area contributed by atoms with Gasteiger partial charge in [-0.05, 0) is 27.8 Å². The Kier molecular flexibility index (Phi) is 39.2. The molecular weight excluding hydrogens is 1210 g/mol. The fourth-order valence-electron chi connectivity index (χ4n) is 7.22. The van der Waals surface area contributed by atoms with E-state index in [1.807, 2.05) is 178 Å². The van der Waals surface area contributed by atoms with E-state index >= 15 is 0 Å². The van der Waals surface area contributed by atoms with E-state index in [9.17, 15) is 24.0 Å². The Labute approximate surface area is 530 Å². The number of aromatic amines is 1. The molecule has 5 aromatic carbocycles. The van der Waals surface area contributed by atoms with E-state index in [1.54, 1.807) is 30.1 Å². The number of carbonyl (C=O) groups is 5. The van der Waals surface area contributed by atoms with Gasteiger partial charge in [0.25, 0.3) is 0 Å². The predicted octanol–water partition coefficient (Wildman–Crippen LogP) is 9.74. The molecule has 3 heterocycles. The molecule has 5 atom stereocenters. The number of aromatic nitrogens is 9. The van der Waals surface area contributed by atoms with Gasteiger partial charge < -0.3 is 37.0 Å². The number of terminal acetylenes is 2. The van der Waals surface area contributed by atoms with Crippen LogP contribution in [0.3, 0.4) is 0 Å². The average molecular weight is 1290 g/mol. The van der Waals surface area contributed by atoms with Gasteiger partial charge >= 0.3 is 29.8 Å². The number of nitrogens with one attached hydrogen (secondary N) is 1. The summed E-state index contributed by atoms with van der Waals surface area (Å²) in [6.45, 7) is 10.9. The van der Waals surface area contributed by atoms with E-state index in [0.29, 0.717) is 70.7 Å². The molecular formula is C67H80N9O11Pd-. The largest absolute Gasteiger partial charge is 0.481 e. The molecule has 470 valence electrons. The molecule has 3 aromatic heterocycles. The molecule has 4 N–H and O–H groups in total. The summed E-state index contributed by atoms with van der Waals surface area (Å²) in [5.74, 6) is 0.844. The van der Waals surface area contributed by atoms with Crippen LogP contribution in [0.2, 0.25) is 0 Å². The maximum atomic E-state index is 12.1. The third kappa shape index (κ3) is 32.2. The number of carbonyl (C=O) groups excluding carboxylic acids is 3. The van der Waals surface area contributed by atoms with E-state index in [1.165, 1.54) is 6.20 Å². The van der Waals surface area contributed by atoms with Crippen molar-refractivity contribution in [2.24, 2.45) is 29.6 Å². The van der Waals surface area contributed by atoms with Crippen molar-refractivity contribution in [1.29, 1.82) is 0 Å². The number of esters is 3. The molecule has 8 aromatic rings. The fraction of sp³-hybridized carbons (Fsp3) is 0.313. The molecule has 20 nitrogen and oxygen atoms in total. The van der Waals surface area contributed by atoms with E-state index in [-0.39, 0.29) is 63.5 Å². The van der Waals surface area contributed by atoms with Crippen LogP contribution in [0.4, 0.5) is 0 Å². The predicted molar refractivity (Wildman–Crippen MR) is 330 cm³/mol. The number of aliphatic hydroxyl groups is 1. The second-order valence-corrected chi connectivity index (χ2v) is 19.6. The molecule has 0 spiro atoms. The van der Waals surface area contributed by atoms with Crippen molar-refractivity contribution < 1.29 is 73.9 Å². The van der Waals surface area contributed by atoms with Crippen LogP contribution in [0.5, 0.6) is 0 Å². The van der Waals surface area contributed by atoms with E-state index in [0.717, 1.165) is 46.3 Å². The van der Waals surface area contributed by atoms with Crippen LogP contribution in [0, 0.1) is 61.7 Å². The zero-order valence-corrected chi connectivity index (χ0v) is 52.3. The van der Waals surface area contributed by atoms with Gasteiger partial charge in [0.05, 0.1) is 66.0 Å². The van der Waals surface area contributed by atoms with Crippen LogP contribution in [0.15, 0.2) is 170 Å². The molecule has 0 aliphatic carbocycles. The molecule has 0 amide bonds. The molecule has 0 unspecified atom stereocenters. The zero-order valence-electron chi connectivity index (χ0n) is 50.8. The van der Waals surface area contributed by atoms with Gasteiger partial charge in [0, 0.05) is 72.0 Å². The molecule has 0 fully saturated rings. The van der Waals surface area contributed by atoms with Crippen molar-refractivity contribution >= 4 is 29.8 Å². The number of carboxylic acids is 2. The van der Waals surface area contributed by atoms with Crippen molar-refractivity contribution in [1.82, 2.24) is 45.4 Å². The summed E-state index contributed by atoms with van der Waals surface area (Å²) in [7, 11) is 1.00. The van der Waals surface area contributed by atoms with Gasteiger partial charge in [-0.2, -0.15) is 15.4 Å². The summed E-state index contributed by atoms with van der Waals surface area (Å²) in [6.07, 6.45) is 17.5. The van der Waals surface area contributed by atoms with Gasteiger partial charge in [0.1, 0.15) is 19.8 Å². The van der Waals surface area contributed by atoms with Crippen molar-refractivity contribution in [3.8, 4) is 24.7 Å². The van der Waals surface area contributed by atoms with Gasteiger partial charge in [0.15, 0.2) is 0 Å². The molecule has 0 aliphatic rings. The third-order valence-corrected chi connectivity index (χ3v) is 12.1. The zero-order chi connectivity index (χ0) is 62.9. The second-order valence-electron chi connectivity index (χ2n) is 19.6. The third-order valence-electron chi connectivity index (χ3n) is 12.1. The summed E-state index contributed by atoms with van der Waals surface area (Å²) in [5.41, 5.74) is 7.54. The number of benzene rings is 5. The Morgan fingerprint density at radius 2 is 0.784 bits per heavy atom. The molecule has 0 aliphatic heterocycles. The first kappa shape index (κ1) is 76.6. The fourth-order valence-corrected chi connectivity index (χ4v) is 7.22. The van der Waals surface area contributed by atoms with Gasteiger partial charge in [-0.1, -0.05) is 197 Å². The SMILES string of the molecule is C#CC[C@H](C)C(=O)O.C#CC[C@H](C)C(=O)OCc1ccccc1.CO.C[C@@H](Cc1cn(Cc2ccccc2)nn1)C(=O)OCc1ccccc1.C[C@@H](Cc1cn(Cc2ccccc2)nn1)C(=O)OCc1ccccc1.C[C@@H](Cc1cn[nH]n1)C(=O)O.[CH3-].[Pd]. The van der Waals surface area contributed by atoms with Crippen LogP contribution in [0.1, 0.15) is 92.4 Å². The molecule has 0 saturated carbocycles. The van der Waals surface area contributed by atoms with Gasteiger partial charge in [-0.3, -0.25) is 24.0 Å². The molecule has 0 saturated heterocycles. The Balaban J connectivity index is 0.000000574. The van der Waals surface area contributed by atoms with E-state index < -0.39 is 23.8 Å². The smallest absolute Gasteiger partial charge is 0.309 e. The van der Waals surface area contributed by atoms with Crippen LogP contribution in [0.25, 0.3) is 0 Å². The maximum Gasteiger partial charge on any atom is 0.309 e. The van der Waals surface area contributed by atoms with Crippen molar-refractivity contribution in [3.05, 3.63) is 223 Å². The Bertz CT molecular complexity index is 3110. The number of H-pyrrole nitrogens is 1. The average Bonchev–Trinajstić information content (AvgIpc) is 4.55. The van der Waals surface area contributed by atoms with Crippen LogP contribution >= 0.6 is 0 Å². The van der Waals surface area contributed by atoms with Crippen LogP contribution in [-0.2, 0) is 111 Å².